The smallest absolute Gasteiger partial charge is 0.315 e. The van der Waals surface area contributed by atoms with E-state index in [1.165, 1.54) is 12.1 Å². The Bertz CT molecular complexity index is 700. The molecule has 0 unspecified atom stereocenters. The van der Waals surface area contributed by atoms with Crippen molar-refractivity contribution in [2.75, 3.05) is 5.32 Å². The van der Waals surface area contributed by atoms with Crippen LogP contribution in [-0.4, -0.2) is 20.6 Å². The molecule has 2 aromatic rings. The summed E-state index contributed by atoms with van der Waals surface area (Å²) < 4.78 is 25.5. The molecule has 1 heterocycles. The van der Waals surface area contributed by atoms with Gasteiger partial charge in [-0.15, -0.1) is 0 Å². The SMILES string of the molecule is Cc1ccc(NC(=O)c2ccnn2C(F)F)c([N+](=O)[O-])c1. The number of hydrogen-bond donors (Lipinski definition) is 1. The maximum atomic E-state index is 12.6. The van der Waals surface area contributed by atoms with Gasteiger partial charge in [0, 0.05) is 12.3 Å². The lowest BCUT2D eigenvalue weighted by Gasteiger charge is -2.08. The van der Waals surface area contributed by atoms with Crippen molar-refractivity contribution >= 4 is 17.3 Å². The second-order valence-corrected chi connectivity index (χ2v) is 4.17. The fraction of sp³-hybridized carbons (Fsp3) is 0.167. The number of carbonyl (C=O) groups is 1. The third kappa shape index (κ3) is 3.02. The van der Waals surface area contributed by atoms with Crippen molar-refractivity contribution in [3.8, 4) is 0 Å². The summed E-state index contributed by atoms with van der Waals surface area (Å²) in [5.41, 5.74) is -0.138. The number of nitro groups is 1. The Hall–Kier alpha value is -2.84. The van der Waals surface area contributed by atoms with E-state index in [0.717, 1.165) is 12.3 Å². The molecule has 1 N–H and O–H groups in total. The lowest BCUT2D eigenvalue weighted by atomic mass is 10.2. The third-order valence-electron chi connectivity index (χ3n) is 2.69. The van der Waals surface area contributed by atoms with Gasteiger partial charge >= 0.3 is 6.55 Å². The van der Waals surface area contributed by atoms with Crippen LogP contribution >= 0.6 is 0 Å². The van der Waals surface area contributed by atoms with Crippen molar-refractivity contribution in [2.24, 2.45) is 0 Å². The third-order valence-corrected chi connectivity index (χ3v) is 2.69. The zero-order valence-electron chi connectivity index (χ0n) is 10.8. The average Bonchev–Trinajstić information content (AvgIpc) is 2.90. The van der Waals surface area contributed by atoms with E-state index in [1.54, 1.807) is 13.0 Å². The Morgan fingerprint density at radius 1 is 1.43 bits per heavy atom. The monoisotopic (exact) mass is 296 g/mol. The van der Waals surface area contributed by atoms with E-state index in [2.05, 4.69) is 10.4 Å². The number of halogens is 2. The highest BCUT2D eigenvalue weighted by atomic mass is 19.3. The molecule has 0 radical (unpaired) electrons. The molecule has 0 spiro atoms. The average molecular weight is 296 g/mol. The van der Waals surface area contributed by atoms with E-state index < -0.39 is 17.4 Å². The number of anilines is 1. The van der Waals surface area contributed by atoms with E-state index in [9.17, 15) is 23.7 Å². The predicted octanol–water partition coefficient (Wildman–Crippen LogP) is 2.75. The summed E-state index contributed by atoms with van der Waals surface area (Å²) in [7, 11) is 0. The van der Waals surface area contributed by atoms with Crippen LogP contribution in [0, 0.1) is 17.0 Å². The molecule has 9 heteroatoms. The van der Waals surface area contributed by atoms with Crippen molar-refractivity contribution < 1.29 is 18.5 Å². The number of hydrogen-bond acceptors (Lipinski definition) is 4. The van der Waals surface area contributed by atoms with E-state index in [1.807, 2.05) is 0 Å². The molecule has 0 fully saturated rings. The summed E-state index contributed by atoms with van der Waals surface area (Å²) in [6.45, 7) is -1.32. The number of benzene rings is 1. The number of nitrogens with zero attached hydrogens (tertiary/aromatic N) is 3. The molecule has 1 amide bonds. The molecule has 0 bridgehead atoms. The van der Waals surface area contributed by atoms with E-state index in [4.69, 9.17) is 0 Å². The maximum absolute atomic E-state index is 12.6. The minimum absolute atomic E-state index is 0.0717. The van der Waals surface area contributed by atoms with Crippen molar-refractivity contribution in [1.29, 1.82) is 0 Å². The lowest BCUT2D eigenvalue weighted by Crippen LogP contribution is -2.18. The molecule has 110 valence electrons. The number of nitro benzene ring substituents is 1. The summed E-state index contributed by atoms with van der Waals surface area (Å²) in [4.78, 5) is 22.2. The van der Waals surface area contributed by atoms with Crippen molar-refractivity contribution in [3.05, 3.63) is 51.8 Å². The Morgan fingerprint density at radius 3 is 2.76 bits per heavy atom. The summed E-state index contributed by atoms with van der Waals surface area (Å²) in [5, 5.41) is 16.5. The topological polar surface area (TPSA) is 90.1 Å². The largest absolute Gasteiger partial charge is 0.333 e. The van der Waals surface area contributed by atoms with Crippen LogP contribution in [-0.2, 0) is 0 Å². The molecule has 0 atom stereocenters. The van der Waals surface area contributed by atoms with Crippen LogP contribution in [0.15, 0.2) is 30.5 Å². The molecule has 0 saturated heterocycles. The van der Waals surface area contributed by atoms with Crippen LogP contribution in [0.25, 0.3) is 0 Å². The predicted molar refractivity (Wildman–Crippen MR) is 69.3 cm³/mol. The lowest BCUT2D eigenvalue weighted by molar-refractivity contribution is -0.384. The number of amides is 1. The number of rotatable bonds is 4. The first kappa shape index (κ1) is 14.6. The molecule has 0 aliphatic carbocycles. The summed E-state index contributed by atoms with van der Waals surface area (Å²) in [6, 6.07) is 5.28. The van der Waals surface area contributed by atoms with Gasteiger partial charge in [-0.25, -0.2) is 0 Å². The first-order valence-corrected chi connectivity index (χ1v) is 5.78. The van der Waals surface area contributed by atoms with Gasteiger partial charge in [0.15, 0.2) is 0 Å². The Morgan fingerprint density at radius 2 is 2.14 bits per heavy atom. The van der Waals surface area contributed by atoms with Gasteiger partial charge in [0.2, 0.25) is 0 Å². The van der Waals surface area contributed by atoms with Crippen LogP contribution < -0.4 is 5.32 Å². The van der Waals surface area contributed by atoms with Gasteiger partial charge in [0.1, 0.15) is 11.4 Å². The first-order valence-electron chi connectivity index (χ1n) is 5.78. The molecule has 0 aliphatic rings. The molecule has 1 aromatic carbocycles. The molecule has 2 rings (SSSR count). The molecule has 1 aromatic heterocycles. The molecular formula is C12H10F2N4O3. The molecule has 21 heavy (non-hydrogen) atoms. The Labute approximate surface area is 117 Å². The second-order valence-electron chi connectivity index (χ2n) is 4.17. The van der Waals surface area contributed by atoms with E-state index in [0.29, 0.717) is 5.56 Å². The molecule has 7 nitrogen and oxygen atoms in total. The quantitative estimate of drug-likeness (QED) is 0.693. The first-order chi connectivity index (χ1) is 9.90. The maximum Gasteiger partial charge on any atom is 0.333 e. The summed E-state index contributed by atoms with van der Waals surface area (Å²) >= 11 is 0. The number of nitrogens with one attached hydrogen (secondary N) is 1. The standard InChI is InChI=1S/C12H10F2N4O3/c1-7-2-3-8(10(6-7)18(20)21)16-11(19)9-4-5-15-17(9)12(13)14/h2-6,12H,1H3,(H,16,19). The Balaban J connectivity index is 2.32. The molecular weight excluding hydrogens is 286 g/mol. The van der Waals surface area contributed by atoms with Crippen molar-refractivity contribution in [2.45, 2.75) is 13.5 Å². The van der Waals surface area contributed by atoms with Gasteiger partial charge in [-0.2, -0.15) is 18.6 Å². The Kier molecular flexibility index (Phi) is 3.92. The van der Waals surface area contributed by atoms with Gasteiger partial charge in [-0.1, -0.05) is 6.07 Å². The van der Waals surface area contributed by atoms with Gasteiger partial charge in [0.05, 0.1) is 4.92 Å². The molecule has 0 aliphatic heterocycles. The number of aromatic nitrogens is 2. The summed E-state index contributed by atoms with van der Waals surface area (Å²) in [6.07, 6.45) is 1.05. The fourth-order valence-electron chi connectivity index (χ4n) is 1.73. The summed E-state index contributed by atoms with van der Waals surface area (Å²) in [5.74, 6) is -0.903. The van der Waals surface area contributed by atoms with Crippen LogP contribution in [0.3, 0.4) is 0 Å². The highest BCUT2D eigenvalue weighted by Crippen LogP contribution is 2.26. The van der Waals surface area contributed by atoms with Crippen LogP contribution in [0.1, 0.15) is 22.6 Å². The minimum Gasteiger partial charge on any atom is -0.315 e. The highest BCUT2D eigenvalue weighted by molar-refractivity contribution is 6.04. The van der Waals surface area contributed by atoms with Crippen molar-refractivity contribution in [3.63, 3.8) is 0 Å². The van der Waals surface area contributed by atoms with Gasteiger partial charge < -0.3 is 5.32 Å². The highest BCUT2D eigenvalue weighted by Gasteiger charge is 2.21. The van der Waals surface area contributed by atoms with Crippen LogP contribution in [0.2, 0.25) is 0 Å². The number of alkyl halides is 2. The van der Waals surface area contributed by atoms with Gasteiger partial charge in [-0.3, -0.25) is 14.9 Å². The van der Waals surface area contributed by atoms with Gasteiger partial charge in [-0.05, 0) is 24.6 Å². The number of carbonyl (C=O) groups excluding carboxylic acids is 1. The molecule has 0 saturated carbocycles. The second kappa shape index (κ2) is 5.65. The van der Waals surface area contributed by atoms with Crippen LogP contribution in [0.5, 0.6) is 0 Å². The minimum atomic E-state index is -2.98. The van der Waals surface area contributed by atoms with E-state index >= 15 is 0 Å². The zero-order chi connectivity index (χ0) is 15.6. The fourth-order valence-corrected chi connectivity index (χ4v) is 1.73. The van der Waals surface area contributed by atoms with E-state index in [-0.39, 0.29) is 21.8 Å². The van der Waals surface area contributed by atoms with Crippen molar-refractivity contribution in [1.82, 2.24) is 9.78 Å². The normalized spacial score (nSPS) is 10.7. The number of aryl methyl sites for hydroxylation is 1. The van der Waals surface area contributed by atoms with Crippen LogP contribution in [0.4, 0.5) is 20.2 Å². The zero-order valence-corrected chi connectivity index (χ0v) is 10.8. The van der Waals surface area contributed by atoms with Gasteiger partial charge in [0.25, 0.3) is 11.6 Å².